The molecule has 1 aliphatic heterocycles. The summed E-state index contributed by atoms with van der Waals surface area (Å²) in [4.78, 5) is 27.6. The summed E-state index contributed by atoms with van der Waals surface area (Å²) in [5, 5.41) is 3.37. The number of nitrogens with one attached hydrogen (secondary N) is 1. The molecule has 136 valence electrons. The predicted molar refractivity (Wildman–Crippen MR) is 99.5 cm³/mol. The van der Waals surface area contributed by atoms with E-state index in [9.17, 15) is 4.79 Å². The maximum Gasteiger partial charge on any atom is 0.225 e. The van der Waals surface area contributed by atoms with Crippen molar-refractivity contribution in [2.24, 2.45) is 5.92 Å². The fourth-order valence-electron chi connectivity index (χ4n) is 3.44. The average molecular weight is 352 g/mol. The summed E-state index contributed by atoms with van der Waals surface area (Å²) < 4.78 is 0. The van der Waals surface area contributed by atoms with Gasteiger partial charge in [-0.1, -0.05) is 0 Å². The smallest absolute Gasteiger partial charge is 0.225 e. The number of nitrogens with zero attached hydrogens (tertiary/aromatic N) is 4. The van der Waals surface area contributed by atoms with E-state index in [1.807, 2.05) is 30.2 Å². The maximum atomic E-state index is 12.4. The molecule has 0 saturated heterocycles. The van der Waals surface area contributed by atoms with Crippen LogP contribution in [0.15, 0.2) is 18.3 Å². The molecule has 1 amide bonds. The number of hydrogen-bond donors (Lipinski definition) is 2. The van der Waals surface area contributed by atoms with Gasteiger partial charge in [-0.3, -0.25) is 9.78 Å². The summed E-state index contributed by atoms with van der Waals surface area (Å²) in [5.41, 5.74) is 10.1. The summed E-state index contributed by atoms with van der Waals surface area (Å²) in [6.45, 7) is 4.05. The number of carbonyl (C=O) groups excluding carboxylic acids is 1. The lowest BCUT2D eigenvalue weighted by Crippen LogP contribution is -2.34. The molecule has 1 aliphatic carbocycles. The highest BCUT2D eigenvalue weighted by atomic mass is 16.2. The SMILES string of the molecule is Cc1ccnc(CNc2nc(N)nc3c2CCN(C(=O)C2CC2)CC3)c1. The molecule has 2 aromatic heterocycles. The molecule has 0 unspecified atom stereocenters. The van der Waals surface area contributed by atoms with Gasteiger partial charge in [-0.2, -0.15) is 4.98 Å². The zero-order valence-corrected chi connectivity index (χ0v) is 15.0. The Morgan fingerprint density at radius 2 is 2.12 bits per heavy atom. The van der Waals surface area contributed by atoms with E-state index in [0.29, 0.717) is 19.6 Å². The van der Waals surface area contributed by atoms with Crippen molar-refractivity contribution >= 4 is 17.7 Å². The van der Waals surface area contributed by atoms with E-state index in [4.69, 9.17) is 5.73 Å². The number of aryl methyl sites for hydroxylation is 1. The summed E-state index contributed by atoms with van der Waals surface area (Å²) in [5.74, 6) is 1.57. The first-order valence-corrected chi connectivity index (χ1v) is 9.19. The Balaban J connectivity index is 1.52. The van der Waals surface area contributed by atoms with E-state index < -0.39 is 0 Å². The minimum atomic E-state index is 0.248. The van der Waals surface area contributed by atoms with Crippen LogP contribution in [-0.2, 0) is 24.2 Å². The normalized spacial score (nSPS) is 16.7. The van der Waals surface area contributed by atoms with Crippen LogP contribution in [0.3, 0.4) is 0 Å². The van der Waals surface area contributed by atoms with Crippen LogP contribution in [0, 0.1) is 12.8 Å². The van der Waals surface area contributed by atoms with E-state index in [0.717, 1.165) is 48.5 Å². The summed E-state index contributed by atoms with van der Waals surface area (Å²) in [7, 11) is 0. The third-order valence-electron chi connectivity index (χ3n) is 5.01. The lowest BCUT2D eigenvalue weighted by Gasteiger charge is -2.19. The number of aromatic nitrogens is 3. The van der Waals surface area contributed by atoms with E-state index in [1.54, 1.807) is 0 Å². The van der Waals surface area contributed by atoms with Crippen LogP contribution < -0.4 is 11.1 Å². The van der Waals surface area contributed by atoms with Crippen LogP contribution in [-0.4, -0.2) is 38.8 Å². The van der Waals surface area contributed by atoms with Crippen LogP contribution in [0.2, 0.25) is 0 Å². The molecule has 3 heterocycles. The van der Waals surface area contributed by atoms with Gasteiger partial charge < -0.3 is 16.0 Å². The maximum absolute atomic E-state index is 12.4. The fourth-order valence-corrected chi connectivity index (χ4v) is 3.44. The van der Waals surface area contributed by atoms with Crippen LogP contribution in [0.4, 0.5) is 11.8 Å². The Labute approximate surface area is 153 Å². The first-order valence-electron chi connectivity index (χ1n) is 9.19. The fraction of sp³-hybridized carbons (Fsp3) is 0.474. The number of rotatable bonds is 4. The third kappa shape index (κ3) is 3.61. The Bertz CT molecular complexity index is 833. The van der Waals surface area contributed by atoms with E-state index in [1.165, 1.54) is 5.56 Å². The molecule has 0 bridgehead atoms. The van der Waals surface area contributed by atoms with Gasteiger partial charge in [0.05, 0.1) is 17.9 Å². The van der Waals surface area contributed by atoms with Crippen LogP contribution in [0.25, 0.3) is 0 Å². The Kier molecular flexibility index (Phi) is 4.44. The quantitative estimate of drug-likeness (QED) is 0.869. The van der Waals surface area contributed by atoms with Crippen molar-refractivity contribution < 1.29 is 4.79 Å². The molecule has 1 saturated carbocycles. The summed E-state index contributed by atoms with van der Waals surface area (Å²) in [6, 6.07) is 4.02. The van der Waals surface area contributed by atoms with Crippen LogP contribution >= 0.6 is 0 Å². The molecule has 2 aromatic rings. The monoisotopic (exact) mass is 352 g/mol. The number of hydrogen-bond acceptors (Lipinski definition) is 6. The molecule has 0 aromatic carbocycles. The van der Waals surface area contributed by atoms with Crippen molar-refractivity contribution in [3.8, 4) is 0 Å². The molecule has 7 nitrogen and oxygen atoms in total. The Morgan fingerprint density at radius 3 is 2.88 bits per heavy atom. The van der Waals surface area contributed by atoms with Gasteiger partial charge in [-0.25, -0.2) is 4.98 Å². The second-order valence-electron chi connectivity index (χ2n) is 7.13. The van der Waals surface area contributed by atoms with E-state index in [2.05, 4.69) is 20.3 Å². The van der Waals surface area contributed by atoms with Gasteiger partial charge in [0, 0.05) is 37.2 Å². The molecule has 0 atom stereocenters. The number of amides is 1. The summed E-state index contributed by atoms with van der Waals surface area (Å²) in [6.07, 6.45) is 5.34. The number of carbonyl (C=O) groups is 1. The van der Waals surface area contributed by atoms with Crippen molar-refractivity contribution in [2.75, 3.05) is 24.1 Å². The van der Waals surface area contributed by atoms with Gasteiger partial charge in [0.2, 0.25) is 11.9 Å². The average Bonchev–Trinajstić information content (AvgIpc) is 3.46. The second-order valence-corrected chi connectivity index (χ2v) is 7.13. The van der Waals surface area contributed by atoms with Crippen LogP contribution in [0.1, 0.15) is 35.4 Å². The van der Waals surface area contributed by atoms with Gasteiger partial charge in [-0.05, 0) is 43.9 Å². The highest BCUT2D eigenvalue weighted by Crippen LogP contribution is 2.32. The predicted octanol–water partition coefficient (Wildman–Crippen LogP) is 1.71. The minimum absolute atomic E-state index is 0.248. The highest BCUT2D eigenvalue weighted by molar-refractivity contribution is 5.81. The molecular formula is C19H24N6O. The molecule has 4 rings (SSSR count). The van der Waals surface area contributed by atoms with Crippen molar-refractivity contribution in [3.05, 3.63) is 40.8 Å². The van der Waals surface area contributed by atoms with Crippen molar-refractivity contribution in [1.82, 2.24) is 19.9 Å². The zero-order valence-electron chi connectivity index (χ0n) is 15.0. The van der Waals surface area contributed by atoms with Crippen molar-refractivity contribution in [2.45, 2.75) is 39.2 Å². The topological polar surface area (TPSA) is 97.0 Å². The molecule has 7 heteroatoms. The Hall–Kier alpha value is -2.70. The minimum Gasteiger partial charge on any atom is -0.368 e. The van der Waals surface area contributed by atoms with Gasteiger partial charge in [-0.15, -0.1) is 0 Å². The highest BCUT2D eigenvalue weighted by Gasteiger charge is 2.34. The number of anilines is 2. The van der Waals surface area contributed by atoms with Gasteiger partial charge in [0.1, 0.15) is 5.82 Å². The van der Waals surface area contributed by atoms with Gasteiger partial charge >= 0.3 is 0 Å². The lowest BCUT2D eigenvalue weighted by molar-refractivity contribution is -0.132. The first-order chi connectivity index (χ1) is 12.6. The molecular weight excluding hydrogens is 328 g/mol. The van der Waals surface area contributed by atoms with Gasteiger partial charge in [0.25, 0.3) is 0 Å². The third-order valence-corrected chi connectivity index (χ3v) is 5.01. The van der Waals surface area contributed by atoms with E-state index >= 15 is 0 Å². The summed E-state index contributed by atoms with van der Waals surface area (Å²) >= 11 is 0. The van der Waals surface area contributed by atoms with E-state index in [-0.39, 0.29) is 17.8 Å². The molecule has 2 aliphatic rings. The standard InChI is InChI=1S/C19H24N6O/c1-12-4-7-21-14(10-12)11-22-17-15-5-8-25(18(26)13-2-3-13)9-6-16(15)23-19(20)24-17/h4,7,10,13H,2-3,5-6,8-9,11H2,1H3,(H3,20,22,23,24). The number of nitrogens with two attached hydrogens (primary N) is 1. The molecule has 0 spiro atoms. The van der Waals surface area contributed by atoms with Gasteiger partial charge in [0.15, 0.2) is 0 Å². The zero-order chi connectivity index (χ0) is 18.1. The number of pyridine rings is 1. The second kappa shape index (κ2) is 6.90. The van der Waals surface area contributed by atoms with Crippen molar-refractivity contribution in [3.63, 3.8) is 0 Å². The molecule has 0 radical (unpaired) electrons. The Morgan fingerprint density at radius 1 is 1.31 bits per heavy atom. The molecule has 26 heavy (non-hydrogen) atoms. The first kappa shape index (κ1) is 16.8. The lowest BCUT2D eigenvalue weighted by atomic mass is 10.1. The number of nitrogen functional groups attached to an aromatic ring is 1. The number of fused-ring (bicyclic) bond motifs is 1. The largest absolute Gasteiger partial charge is 0.368 e. The molecule has 1 fully saturated rings. The van der Waals surface area contributed by atoms with Crippen molar-refractivity contribution in [1.29, 1.82) is 0 Å². The molecule has 3 N–H and O–H groups in total. The van der Waals surface area contributed by atoms with Crippen LogP contribution in [0.5, 0.6) is 0 Å².